The topological polar surface area (TPSA) is 37.3 Å². The van der Waals surface area contributed by atoms with E-state index in [9.17, 15) is 9.18 Å². The summed E-state index contributed by atoms with van der Waals surface area (Å²) in [5, 5.41) is 8.50. The van der Waals surface area contributed by atoms with Crippen LogP contribution >= 0.6 is 11.8 Å². The molecule has 0 aromatic heterocycles. The number of thioether (sulfide) groups is 1. The molecule has 1 N–H and O–H groups in total. The van der Waals surface area contributed by atoms with Crippen molar-refractivity contribution in [3.05, 3.63) is 29.6 Å². The summed E-state index contributed by atoms with van der Waals surface area (Å²) in [5.74, 6) is -0.502. The molecule has 5 heteroatoms. The summed E-state index contributed by atoms with van der Waals surface area (Å²) >= 11 is 1.36. The number of carbonyl (C=O) groups is 1. The lowest BCUT2D eigenvalue weighted by Crippen LogP contribution is -2.23. The van der Waals surface area contributed by atoms with Crippen LogP contribution in [0.4, 0.5) is 4.39 Å². The van der Waals surface area contributed by atoms with E-state index in [1.165, 1.54) is 30.0 Å². The van der Waals surface area contributed by atoms with E-state index in [0.717, 1.165) is 12.2 Å². The standard InChI is InChI=1S/C12H14BFO2S/c1-2-5-17-11(12(15)16)7-8-6-9(14)3-4-10(8)13/h3-4,6,11H,2,5,7H2,1H3,(H,15,16). The molecule has 0 spiro atoms. The Morgan fingerprint density at radius 2 is 2.29 bits per heavy atom. The molecule has 0 heterocycles. The number of aliphatic carboxylic acids is 1. The Bertz CT molecular complexity index is 398. The molecular weight excluding hydrogens is 238 g/mol. The van der Waals surface area contributed by atoms with Crippen LogP contribution in [0.15, 0.2) is 18.2 Å². The molecule has 1 unspecified atom stereocenters. The lowest BCUT2D eigenvalue weighted by atomic mass is 9.88. The molecule has 0 amide bonds. The highest BCUT2D eigenvalue weighted by atomic mass is 32.2. The van der Waals surface area contributed by atoms with Gasteiger partial charge in [0.1, 0.15) is 18.9 Å². The number of benzene rings is 1. The minimum atomic E-state index is -0.882. The van der Waals surface area contributed by atoms with E-state index < -0.39 is 11.2 Å². The first-order valence-corrected chi connectivity index (χ1v) is 6.47. The van der Waals surface area contributed by atoms with Gasteiger partial charge in [-0.3, -0.25) is 4.79 Å². The fourth-order valence-corrected chi connectivity index (χ4v) is 2.39. The van der Waals surface area contributed by atoms with Crippen molar-refractivity contribution in [1.29, 1.82) is 0 Å². The van der Waals surface area contributed by atoms with Gasteiger partial charge in [0.2, 0.25) is 0 Å². The lowest BCUT2D eigenvalue weighted by molar-refractivity contribution is -0.136. The summed E-state index contributed by atoms with van der Waals surface area (Å²) in [6.45, 7) is 1.99. The summed E-state index contributed by atoms with van der Waals surface area (Å²) < 4.78 is 13.0. The zero-order valence-electron chi connectivity index (χ0n) is 9.65. The minimum absolute atomic E-state index is 0.254. The first-order valence-electron chi connectivity index (χ1n) is 5.43. The molecule has 0 fully saturated rings. The second-order valence-electron chi connectivity index (χ2n) is 3.74. The molecule has 17 heavy (non-hydrogen) atoms. The van der Waals surface area contributed by atoms with Crippen molar-refractivity contribution in [1.82, 2.24) is 0 Å². The van der Waals surface area contributed by atoms with Gasteiger partial charge in [0.25, 0.3) is 0 Å². The van der Waals surface area contributed by atoms with Gasteiger partial charge in [-0.25, -0.2) is 4.39 Å². The van der Waals surface area contributed by atoms with Gasteiger partial charge in [-0.2, -0.15) is 0 Å². The van der Waals surface area contributed by atoms with Gasteiger partial charge in [0, 0.05) is 0 Å². The van der Waals surface area contributed by atoms with Crippen LogP contribution in [0.3, 0.4) is 0 Å². The molecule has 1 aromatic rings. The van der Waals surface area contributed by atoms with Crippen molar-refractivity contribution >= 4 is 31.0 Å². The molecule has 0 aliphatic heterocycles. The van der Waals surface area contributed by atoms with E-state index in [0.29, 0.717) is 11.0 Å². The number of carboxylic acids is 1. The van der Waals surface area contributed by atoms with Gasteiger partial charge >= 0.3 is 5.97 Å². The second kappa shape index (κ2) is 6.69. The smallest absolute Gasteiger partial charge is 0.316 e. The van der Waals surface area contributed by atoms with Crippen LogP contribution < -0.4 is 5.46 Å². The number of hydrogen-bond donors (Lipinski definition) is 1. The molecule has 0 saturated carbocycles. The Kier molecular flexibility index (Phi) is 5.55. The van der Waals surface area contributed by atoms with Crippen LogP contribution in [0, 0.1) is 5.82 Å². The first kappa shape index (κ1) is 14.1. The van der Waals surface area contributed by atoms with Crippen molar-refractivity contribution in [3.8, 4) is 0 Å². The van der Waals surface area contributed by atoms with E-state index in [4.69, 9.17) is 13.0 Å². The third kappa shape index (κ3) is 4.42. The molecule has 0 saturated heterocycles. The average Bonchev–Trinajstić information content (AvgIpc) is 2.28. The van der Waals surface area contributed by atoms with E-state index in [1.54, 1.807) is 0 Å². The summed E-state index contributed by atoms with van der Waals surface area (Å²) in [7, 11) is 5.70. The maximum atomic E-state index is 13.0. The summed E-state index contributed by atoms with van der Waals surface area (Å²) in [5.41, 5.74) is 0.996. The van der Waals surface area contributed by atoms with Crippen molar-refractivity contribution in [2.45, 2.75) is 25.0 Å². The lowest BCUT2D eigenvalue weighted by Gasteiger charge is -2.13. The van der Waals surface area contributed by atoms with Crippen LogP contribution in [0.2, 0.25) is 0 Å². The summed E-state index contributed by atoms with van der Waals surface area (Å²) in [6, 6.07) is 4.04. The highest BCUT2D eigenvalue weighted by Gasteiger charge is 2.19. The van der Waals surface area contributed by atoms with E-state index >= 15 is 0 Å². The van der Waals surface area contributed by atoms with Gasteiger partial charge in [-0.15, -0.1) is 11.8 Å². The Morgan fingerprint density at radius 1 is 1.59 bits per heavy atom. The normalized spacial score (nSPS) is 12.4. The number of halogens is 1. The van der Waals surface area contributed by atoms with Crippen LogP contribution in [0.25, 0.3) is 0 Å². The zero-order chi connectivity index (χ0) is 12.8. The van der Waals surface area contributed by atoms with E-state index in [2.05, 4.69) is 0 Å². The number of rotatable bonds is 6. The average molecular weight is 252 g/mol. The Morgan fingerprint density at radius 3 is 2.88 bits per heavy atom. The molecule has 0 aliphatic carbocycles. The quantitative estimate of drug-likeness (QED) is 0.784. The highest BCUT2D eigenvalue weighted by molar-refractivity contribution is 8.00. The molecule has 1 atom stereocenters. The van der Waals surface area contributed by atoms with E-state index in [-0.39, 0.29) is 12.2 Å². The van der Waals surface area contributed by atoms with Crippen LogP contribution in [0.1, 0.15) is 18.9 Å². The second-order valence-corrected chi connectivity index (χ2v) is 5.06. The fourth-order valence-electron chi connectivity index (χ4n) is 1.43. The van der Waals surface area contributed by atoms with Gasteiger partial charge in [0.15, 0.2) is 0 Å². The van der Waals surface area contributed by atoms with Crippen molar-refractivity contribution in [3.63, 3.8) is 0 Å². The Hall–Kier alpha value is -0.965. The van der Waals surface area contributed by atoms with Gasteiger partial charge in [-0.1, -0.05) is 24.0 Å². The predicted octanol–water partition coefficient (Wildman–Crippen LogP) is 1.76. The molecule has 90 valence electrons. The van der Waals surface area contributed by atoms with Gasteiger partial charge in [0.05, 0.1) is 0 Å². The van der Waals surface area contributed by atoms with Crippen molar-refractivity contribution < 1.29 is 14.3 Å². The molecular formula is C12H14BFO2S. The van der Waals surface area contributed by atoms with Gasteiger partial charge < -0.3 is 5.11 Å². The molecule has 2 radical (unpaired) electrons. The summed E-state index contributed by atoms with van der Waals surface area (Å²) in [6.07, 6.45) is 1.16. The van der Waals surface area contributed by atoms with E-state index in [1.807, 2.05) is 6.92 Å². The highest BCUT2D eigenvalue weighted by Crippen LogP contribution is 2.17. The largest absolute Gasteiger partial charge is 0.480 e. The third-order valence-electron chi connectivity index (χ3n) is 2.31. The third-order valence-corrected chi connectivity index (χ3v) is 3.72. The van der Waals surface area contributed by atoms with Crippen LogP contribution in [0.5, 0.6) is 0 Å². The molecule has 0 aliphatic rings. The molecule has 2 nitrogen and oxygen atoms in total. The molecule has 0 bridgehead atoms. The molecule has 1 aromatic carbocycles. The van der Waals surface area contributed by atoms with Crippen LogP contribution in [-0.4, -0.2) is 29.9 Å². The van der Waals surface area contributed by atoms with Crippen molar-refractivity contribution in [2.75, 3.05) is 5.75 Å². The monoisotopic (exact) mass is 252 g/mol. The first-order chi connectivity index (χ1) is 8.04. The minimum Gasteiger partial charge on any atom is -0.480 e. The number of hydrogen-bond acceptors (Lipinski definition) is 2. The van der Waals surface area contributed by atoms with Gasteiger partial charge in [-0.05, 0) is 30.7 Å². The zero-order valence-corrected chi connectivity index (χ0v) is 10.5. The maximum Gasteiger partial charge on any atom is 0.316 e. The number of carboxylic acid groups (broad SMARTS) is 1. The van der Waals surface area contributed by atoms with Crippen molar-refractivity contribution in [2.24, 2.45) is 0 Å². The maximum absolute atomic E-state index is 13.0. The summed E-state index contributed by atoms with van der Waals surface area (Å²) in [4.78, 5) is 11.1. The SMILES string of the molecule is [B]c1ccc(F)cc1CC(SCCC)C(=O)O. The Labute approximate surface area is 106 Å². The fraction of sp³-hybridized carbons (Fsp3) is 0.417. The molecule has 1 rings (SSSR count). The predicted molar refractivity (Wildman–Crippen MR) is 69.7 cm³/mol. The Balaban J connectivity index is 2.78. The van der Waals surface area contributed by atoms with Crippen LogP contribution in [-0.2, 0) is 11.2 Å².